The molecule has 13 heteroatoms. The summed E-state index contributed by atoms with van der Waals surface area (Å²) in [6.45, 7) is 4.14. The van der Waals surface area contributed by atoms with Crippen LogP contribution in [0.5, 0.6) is 0 Å². The molecule has 0 heterocycles. The van der Waals surface area contributed by atoms with Gasteiger partial charge in [0.15, 0.2) is 0 Å². The molecule has 12 nitrogen and oxygen atoms in total. The van der Waals surface area contributed by atoms with Crippen LogP contribution < -0.4 is 0 Å². The molecular weight excluding hydrogens is 884 g/mol. The number of aliphatic hydroxyl groups excluding tert-OH is 5. The topological polar surface area (TPSA) is 192 Å². The number of esters is 1. The van der Waals surface area contributed by atoms with Gasteiger partial charge < -0.3 is 39.9 Å². The van der Waals surface area contributed by atoms with Crippen LogP contribution in [-0.2, 0) is 27.9 Å². The molecule has 394 valence electrons. The third-order valence-electron chi connectivity index (χ3n) is 12.1. The molecule has 0 aromatic carbocycles. The van der Waals surface area contributed by atoms with E-state index in [1.807, 2.05) is 0 Å². The number of carbonyl (C=O) groups excluding carboxylic acids is 1. The first-order valence-electron chi connectivity index (χ1n) is 26.8. The Hall–Kier alpha value is -2.22. The molecule has 0 amide bonds. The number of unbranched alkanes of at least 4 members (excludes halogenated alkanes) is 21. The van der Waals surface area contributed by atoms with Gasteiger partial charge in [0.2, 0.25) is 0 Å². The van der Waals surface area contributed by atoms with E-state index >= 15 is 0 Å². The van der Waals surface area contributed by atoms with Crippen LogP contribution in [-0.4, -0.2) is 98.9 Å². The number of allylic oxidation sites excluding steroid dienone is 12. The molecule has 0 spiro atoms. The van der Waals surface area contributed by atoms with Crippen molar-refractivity contribution in [2.75, 3.05) is 19.8 Å². The van der Waals surface area contributed by atoms with Gasteiger partial charge in [0.1, 0.15) is 42.7 Å². The van der Waals surface area contributed by atoms with E-state index in [2.05, 4.69) is 86.8 Å². The van der Waals surface area contributed by atoms with Crippen molar-refractivity contribution in [1.29, 1.82) is 0 Å². The molecule has 6 unspecified atom stereocenters. The summed E-state index contributed by atoms with van der Waals surface area (Å²) in [4.78, 5) is 23.3. The molecule has 1 saturated carbocycles. The van der Waals surface area contributed by atoms with Crippen molar-refractivity contribution >= 4 is 13.8 Å². The first-order valence-corrected chi connectivity index (χ1v) is 28.3. The Morgan fingerprint density at radius 1 is 0.485 bits per heavy atom. The van der Waals surface area contributed by atoms with E-state index in [0.717, 1.165) is 83.5 Å². The van der Waals surface area contributed by atoms with E-state index in [9.17, 15) is 39.8 Å². The molecular formula is C55H97O12P. The number of ether oxygens (including phenoxy) is 2. The highest BCUT2D eigenvalue weighted by molar-refractivity contribution is 7.47. The quantitative estimate of drug-likeness (QED) is 0.0147. The lowest BCUT2D eigenvalue weighted by atomic mass is 9.85. The van der Waals surface area contributed by atoms with E-state index in [0.29, 0.717) is 13.0 Å². The second-order valence-electron chi connectivity index (χ2n) is 18.4. The lowest BCUT2D eigenvalue weighted by Gasteiger charge is -2.41. The monoisotopic (exact) mass is 981 g/mol. The number of hydrogen-bond acceptors (Lipinski definition) is 11. The molecule has 0 aliphatic heterocycles. The van der Waals surface area contributed by atoms with Crippen LogP contribution in [0, 0.1) is 0 Å². The van der Waals surface area contributed by atoms with Gasteiger partial charge in [-0.1, -0.05) is 209 Å². The van der Waals surface area contributed by atoms with E-state index in [4.69, 9.17) is 18.5 Å². The van der Waals surface area contributed by atoms with Crippen molar-refractivity contribution < 1.29 is 58.3 Å². The average molecular weight is 981 g/mol. The van der Waals surface area contributed by atoms with Gasteiger partial charge in [0, 0.05) is 13.0 Å². The fraction of sp³-hybridized carbons (Fsp3) is 0.764. The lowest BCUT2D eigenvalue weighted by Crippen LogP contribution is -2.64. The number of rotatable bonds is 45. The lowest BCUT2D eigenvalue weighted by molar-refractivity contribution is -0.220. The standard InChI is InChI=1S/C55H97O12P/c1-3-5-7-9-11-13-15-17-19-21-23-24-25-26-27-28-30-32-34-36-38-40-42-44-49(56)66-48(47-65-68(62,63)67-55-53(60)51(58)50(57)52(59)54(55)61)46-64-45-43-41-39-37-35-33-31-29-22-20-18-16-14-12-10-8-6-4-2/h5,7,11,13,17,19,23-24,26-27,30,32,48,50-55,57-61H,3-4,6,8-10,12,14-16,18,20-22,25,28-29,31,33-47H2,1-2H3,(H,62,63)/b7-5-,13-11-,19-17-,24-23-,27-26-,32-30-. The van der Waals surface area contributed by atoms with Gasteiger partial charge in [-0.25, -0.2) is 4.57 Å². The highest BCUT2D eigenvalue weighted by atomic mass is 31.2. The molecule has 1 rings (SSSR count). The molecule has 1 aliphatic rings. The Labute approximate surface area is 412 Å². The van der Waals surface area contributed by atoms with Gasteiger partial charge in [-0.3, -0.25) is 13.8 Å². The Balaban J connectivity index is 2.35. The van der Waals surface area contributed by atoms with Gasteiger partial charge in [0.25, 0.3) is 0 Å². The third kappa shape index (κ3) is 35.8. The first-order chi connectivity index (χ1) is 33.0. The Morgan fingerprint density at radius 2 is 0.868 bits per heavy atom. The van der Waals surface area contributed by atoms with Gasteiger partial charge in [-0.15, -0.1) is 0 Å². The maximum absolute atomic E-state index is 12.9. The zero-order valence-corrected chi connectivity index (χ0v) is 43.3. The third-order valence-corrected chi connectivity index (χ3v) is 13.1. The maximum atomic E-state index is 12.9. The fourth-order valence-corrected chi connectivity index (χ4v) is 8.86. The fourth-order valence-electron chi connectivity index (χ4n) is 7.89. The Morgan fingerprint density at radius 3 is 1.32 bits per heavy atom. The van der Waals surface area contributed by atoms with Gasteiger partial charge >= 0.3 is 13.8 Å². The summed E-state index contributed by atoms with van der Waals surface area (Å²) in [6, 6.07) is 0. The predicted octanol–water partition coefficient (Wildman–Crippen LogP) is 12.3. The van der Waals surface area contributed by atoms with Crippen LogP contribution >= 0.6 is 7.82 Å². The smallest absolute Gasteiger partial charge is 0.457 e. The average Bonchev–Trinajstić information content (AvgIpc) is 3.32. The molecule has 0 radical (unpaired) electrons. The molecule has 0 saturated heterocycles. The van der Waals surface area contributed by atoms with Crippen LogP contribution in [0.1, 0.15) is 206 Å². The second-order valence-corrected chi connectivity index (χ2v) is 19.8. The number of phosphoric ester groups is 1. The van der Waals surface area contributed by atoms with Crippen molar-refractivity contribution in [3.8, 4) is 0 Å². The summed E-state index contributed by atoms with van der Waals surface area (Å²) in [5.41, 5.74) is 0. The molecule has 1 aliphatic carbocycles. The number of hydrogen-bond donors (Lipinski definition) is 6. The summed E-state index contributed by atoms with van der Waals surface area (Å²) < 4.78 is 34.3. The molecule has 1 fully saturated rings. The largest absolute Gasteiger partial charge is 0.472 e. The Bertz CT molecular complexity index is 1400. The minimum absolute atomic E-state index is 0.0883. The number of phosphoric acid groups is 1. The molecule has 68 heavy (non-hydrogen) atoms. The molecule has 0 aromatic rings. The minimum atomic E-state index is -5.03. The number of aliphatic hydroxyl groups is 5. The van der Waals surface area contributed by atoms with Gasteiger partial charge in [-0.2, -0.15) is 0 Å². The van der Waals surface area contributed by atoms with Crippen molar-refractivity contribution in [3.05, 3.63) is 72.9 Å². The first kappa shape index (κ1) is 63.8. The van der Waals surface area contributed by atoms with Crippen LogP contribution in [0.2, 0.25) is 0 Å². The zero-order chi connectivity index (χ0) is 49.8. The zero-order valence-electron chi connectivity index (χ0n) is 42.4. The molecule has 0 bridgehead atoms. The predicted molar refractivity (Wildman–Crippen MR) is 276 cm³/mol. The van der Waals surface area contributed by atoms with E-state index in [1.54, 1.807) is 0 Å². The summed E-state index contributed by atoms with van der Waals surface area (Å²) in [6.07, 6.45) is 46.8. The number of carbonyl (C=O) groups is 1. The molecule has 6 N–H and O–H groups in total. The highest BCUT2D eigenvalue weighted by Crippen LogP contribution is 2.47. The van der Waals surface area contributed by atoms with Crippen LogP contribution in [0.15, 0.2) is 72.9 Å². The van der Waals surface area contributed by atoms with Gasteiger partial charge in [-0.05, 0) is 64.2 Å². The minimum Gasteiger partial charge on any atom is -0.457 e. The van der Waals surface area contributed by atoms with E-state index in [1.165, 1.54) is 96.3 Å². The van der Waals surface area contributed by atoms with E-state index < -0.39 is 63.1 Å². The highest BCUT2D eigenvalue weighted by Gasteiger charge is 2.51. The SMILES string of the molecule is CC/C=C\C/C=C\C/C=C\C/C=C\C/C=C\C/C=C\CCCCCCC(=O)OC(COCCCCCCCCCCCCCCCCCCCC)COP(=O)(O)OC1C(O)C(O)C(O)C(O)C1O. The van der Waals surface area contributed by atoms with Crippen molar-refractivity contribution in [2.45, 2.75) is 249 Å². The maximum Gasteiger partial charge on any atom is 0.472 e. The summed E-state index contributed by atoms with van der Waals surface area (Å²) in [5.74, 6) is -0.501. The van der Waals surface area contributed by atoms with Crippen molar-refractivity contribution in [1.82, 2.24) is 0 Å². The van der Waals surface area contributed by atoms with Crippen LogP contribution in [0.25, 0.3) is 0 Å². The second kappa shape index (κ2) is 44.7. The molecule has 0 aromatic heterocycles. The molecule has 6 atom stereocenters. The van der Waals surface area contributed by atoms with Gasteiger partial charge in [0.05, 0.1) is 13.2 Å². The van der Waals surface area contributed by atoms with E-state index in [-0.39, 0.29) is 13.0 Å². The van der Waals surface area contributed by atoms with Crippen molar-refractivity contribution in [2.24, 2.45) is 0 Å². The van der Waals surface area contributed by atoms with Crippen LogP contribution in [0.4, 0.5) is 0 Å². The van der Waals surface area contributed by atoms with Crippen LogP contribution in [0.3, 0.4) is 0 Å². The normalized spacial score (nSPS) is 21.7. The summed E-state index contributed by atoms with van der Waals surface area (Å²) in [7, 11) is -5.03. The summed E-state index contributed by atoms with van der Waals surface area (Å²) >= 11 is 0. The van der Waals surface area contributed by atoms with Crippen molar-refractivity contribution in [3.63, 3.8) is 0 Å². The summed E-state index contributed by atoms with van der Waals surface area (Å²) in [5, 5.41) is 50.3. The Kier molecular flexibility index (Phi) is 41.9.